The average Bonchev–Trinajstić information content (AvgIpc) is 2.67. The molecule has 6 heteroatoms. The summed E-state index contributed by atoms with van der Waals surface area (Å²) >= 11 is 0. The molecule has 0 bridgehead atoms. The van der Waals surface area contributed by atoms with Gasteiger partial charge >= 0.3 is 6.09 Å². The van der Waals surface area contributed by atoms with E-state index in [1.54, 1.807) is 0 Å². The van der Waals surface area contributed by atoms with Crippen LogP contribution in [0.2, 0.25) is 0 Å². The maximum atomic E-state index is 11.8. The van der Waals surface area contributed by atoms with E-state index in [0.717, 1.165) is 50.8 Å². The number of hydrogen-bond acceptors (Lipinski definition) is 5. The Balaban J connectivity index is 1.33. The van der Waals surface area contributed by atoms with Crippen molar-refractivity contribution in [2.75, 3.05) is 45.9 Å². The van der Waals surface area contributed by atoms with Gasteiger partial charge in [-0.05, 0) is 37.4 Å². The van der Waals surface area contributed by atoms with E-state index in [0.29, 0.717) is 13.2 Å². The highest BCUT2D eigenvalue weighted by atomic mass is 16.5. The average molecular weight is 347 g/mol. The van der Waals surface area contributed by atoms with E-state index in [1.165, 1.54) is 12.8 Å². The lowest BCUT2D eigenvalue weighted by atomic mass is 9.97. The van der Waals surface area contributed by atoms with Crippen molar-refractivity contribution in [1.29, 1.82) is 0 Å². The van der Waals surface area contributed by atoms with Gasteiger partial charge in [0.1, 0.15) is 6.61 Å². The van der Waals surface area contributed by atoms with Crippen molar-refractivity contribution in [3.63, 3.8) is 0 Å². The van der Waals surface area contributed by atoms with Crippen LogP contribution in [0, 0.1) is 5.92 Å². The van der Waals surface area contributed by atoms with Gasteiger partial charge in [0.15, 0.2) is 0 Å². The van der Waals surface area contributed by atoms with Gasteiger partial charge in [0.2, 0.25) is 0 Å². The first-order chi connectivity index (χ1) is 12.3. The zero-order valence-electron chi connectivity index (χ0n) is 14.8. The molecule has 1 atom stereocenters. The van der Waals surface area contributed by atoms with Crippen LogP contribution in [-0.2, 0) is 16.1 Å². The fourth-order valence-corrected chi connectivity index (χ4v) is 3.47. The molecule has 1 amide bonds. The number of nitrogens with one attached hydrogen (secondary N) is 2. The topological polar surface area (TPSA) is 62.8 Å². The summed E-state index contributed by atoms with van der Waals surface area (Å²) in [6.07, 6.45) is 2.17. The van der Waals surface area contributed by atoms with E-state index in [2.05, 4.69) is 15.5 Å². The third-order valence-electron chi connectivity index (χ3n) is 4.88. The van der Waals surface area contributed by atoms with Crippen molar-refractivity contribution in [2.45, 2.75) is 25.6 Å². The van der Waals surface area contributed by atoms with E-state index in [9.17, 15) is 4.79 Å². The molecule has 0 saturated carbocycles. The minimum atomic E-state index is -0.386. The molecule has 0 aromatic heterocycles. The Hall–Kier alpha value is -1.63. The summed E-state index contributed by atoms with van der Waals surface area (Å²) in [5.41, 5.74) is 0.986. The Labute approximate surface area is 149 Å². The standard InChI is InChI=1S/C19H29N3O3/c23-19(25-15-17-4-2-1-3-5-17)21-12-18-14-22(10-11-24-18)13-16-6-8-20-9-7-16/h1-5,16,18,20H,6-15H2,(H,21,23). The van der Waals surface area contributed by atoms with Crippen LogP contribution in [0.15, 0.2) is 30.3 Å². The van der Waals surface area contributed by atoms with Crippen LogP contribution in [0.3, 0.4) is 0 Å². The molecular weight excluding hydrogens is 318 g/mol. The van der Waals surface area contributed by atoms with Crippen molar-refractivity contribution < 1.29 is 14.3 Å². The van der Waals surface area contributed by atoms with E-state index >= 15 is 0 Å². The van der Waals surface area contributed by atoms with Gasteiger partial charge in [-0.25, -0.2) is 4.79 Å². The predicted octanol–water partition coefficient (Wildman–Crippen LogP) is 1.61. The molecule has 1 unspecified atom stereocenters. The van der Waals surface area contributed by atoms with Gasteiger partial charge in [-0.3, -0.25) is 4.90 Å². The molecule has 1 aromatic rings. The SMILES string of the molecule is O=C(NCC1CN(CC2CCNCC2)CCO1)OCc1ccccc1. The zero-order chi connectivity index (χ0) is 17.3. The molecule has 0 aliphatic carbocycles. The second kappa shape index (κ2) is 9.75. The first-order valence-electron chi connectivity index (χ1n) is 9.29. The number of hydrogen-bond donors (Lipinski definition) is 2. The Kier molecular flexibility index (Phi) is 7.09. The smallest absolute Gasteiger partial charge is 0.407 e. The summed E-state index contributed by atoms with van der Waals surface area (Å²) in [5.74, 6) is 0.781. The third-order valence-corrected chi connectivity index (χ3v) is 4.88. The largest absolute Gasteiger partial charge is 0.445 e. The number of rotatable bonds is 6. The number of alkyl carbamates (subject to hydrolysis) is 1. The number of nitrogens with zero attached hydrogens (tertiary/aromatic N) is 1. The molecule has 6 nitrogen and oxygen atoms in total. The van der Waals surface area contributed by atoms with Gasteiger partial charge in [-0.15, -0.1) is 0 Å². The van der Waals surface area contributed by atoms with E-state index in [1.807, 2.05) is 30.3 Å². The quantitative estimate of drug-likeness (QED) is 0.819. The Morgan fingerprint density at radius 3 is 2.88 bits per heavy atom. The number of benzene rings is 1. The normalized spacial score (nSPS) is 22.5. The minimum absolute atomic E-state index is 0.0414. The molecule has 2 aliphatic rings. The molecule has 138 valence electrons. The molecule has 2 aliphatic heterocycles. The highest BCUT2D eigenvalue weighted by molar-refractivity contribution is 5.67. The molecule has 2 heterocycles. The zero-order valence-corrected chi connectivity index (χ0v) is 14.8. The van der Waals surface area contributed by atoms with Crippen molar-refractivity contribution in [3.8, 4) is 0 Å². The van der Waals surface area contributed by atoms with Gasteiger partial charge in [-0.2, -0.15) is 0 Å². The van der Waals surface area contributed by atoms with Crippen molar-refractivity contribution in [2.24, 2.45) is 5.92 Å². The Morgan fingerprint density at radius 2 is 2.08 bits per heavy atom. The van der Waals surface area contributed by atoms with E-state index in [4.69, 9.17) is 9.47 Å². The maximum absolute atomic E-state index is 11.8. The summed E-state index contributed by atoms with van der Waals surface area (Å²) in [7, 11) is 0. The van der Waals surface area contributed by atoms with E-state index in [-0.39, 0.29) is 12.2 Å². The molecule has 2 fully saturated rings. The molecule has 2 N–H and O–H groups in total. The first kappa shape index (κ1) is 18.2. The molecule has 1 aromatic carbocycles. The van der Waals surface area contributed by atoms with Gasteiger partial charge < -0.3 is 20.1 Å². The molecule has 3 rings (SSSR count). The van der Waals surface area contributed by atoms with Gasteiger partial charge in [0.05, 0.1) is 12.7 Å². The lowest BCUT2D eigenvalue weighted by Crippen LogP contribution is -2.49. The molecule has 2 saturated heterocycles. The fourth-order valence-electron chi connectivity index (χ4n) is 3.47. The highest BCUT2D eigenvalue weighted by Gasteiger charge is 2.24. The lowest BCUT2D eigenvalue weighted by molar-refractivity contribution is -0.0326. The number of morpholine rings is 1. The summed E-state index contributed by atoms with van der Waals surface area (Å²) < 4.78 is 11.0. The summed E-state index contributed by atoms with van der Waals surface area (Å²) in [6, 6.07) is 9.69. The predicted molar refractivity (Wildman–Crippen MR) is 96.4 cm³/mol. The second-order valence-electron chi connectivity index (χ2n) is 6.89. The van der Waals surface area contributed by atoms with Crippen molar-refractivity contribution >= 4 is 6.09 Å². The summed E-state index contributed by atoms with van der Waals surface area (Å²) in [5, 5.41) is 6.24. The van der Waals surface area contributed by atoms with E-state index < -0.39 is 0 Å². The van der Waals surface area contributed by atoms with Gasteiger partial charge in [0.25, 0.3) is 0 Å². The summed E-state index contributed by atoms with van der Waals surface area (Å²) in [6.45, 7) is 6.79. The Morgan fingerprint density at radius 1 is 1.28 bits per heavy atom. The molecule has 0 spiro atoms. The van der Waals surface area contributed by atoms with Crippen LogP contribution in [0.5, 0.6) is 0 Å². The van der Waals surface area contributed by atoms with Crippen molar-refractivity contribution in [3.05, 3.63) is 35.9 Å². The number of carbonyl (C=O) groups excluding carboxylic acids is 1. The number of carbonyl (C=O) groups is 1. The molecule has 25 heavy (non-hydrogen) atoms. The van der Waals surface area contributed by atoms with Crippen LogP contribution in [-0.4, -0.2) is 63.0 Å². The Bertz CT molecular complexity index is 520. The van der Waals surface area contributed by atoms with Crippen LogP contribution >= 0.6 is 0 Å². The van der Waals surface area contributed by atoms with Crippen LogP contribution in [0.1, 0.15) is 18.4 Å². The number of piperidine rings is 1. The highest BCUT2D eigenvalue weighted by Crippen LogP contribution is 2.15. The molecular formula is C19H29N3O3. The minimum Gasteiger partial charge on any atom is -0.445 e. The monoisotopic (exact) mass is 347 g/mol. The first-order valence-corrected chi connectivity index (χ1v) is 9.29. The lowest BCUT2D eigenvalue weighted by Gasteiger charge is -2.36. The van der Waals surface area contributed by atoms with Gasteiger partial charge in [-0.1, -0.05) is 30.3 Å². The second-order valence-corrected chi connectivity index (χ2v) is 6.89. The van der Waals surface area contributed by atoms with Crippen molar-refractivity contribution in [1.82, 2.24) is 15.5 Å². The van der Waals surface area contributed by atoms with Crippen LogP contribution in [0.4, 0.5) is 4.79 Å². The maximum Gasteiger partial charge on any atom is 0.407 e. The van der Waals surface area contributed by atoms with Crippen LogP contribution in [0.25, 0.3) is 0 Å². The van der Waals surface area contributed by atoms with Gasteiger partial charge in [0, 0.05) is 26.2 Å². The molecule has 0 radical (unpaired) electrons. The number of amides is 1. The van der Waals surface area contributed by atoms with Crippen LogP contribution < -0.4 is 10.6 Å². The summed E-state index contributed by atoms with van der Waals surface area (Å²) in [4.78, 5) is 14.3. The number of ether oxygens (including phenoxy) is 2. The fraction of sp³-hybridized carbons (Fsp3) is 0.632. The third kappa shape index (κ3) is 6.30.